The average molecular weight is 351 g/mol. The van der Waals surface area contributed by atoms with E-state index in [1.807, 2.05) is 0 Å². The van der Waals surface area contributed by atoms with Crippen LogP contribution in [0.5, 0.6) is 5.75 Å². The molecule has 0 heterocycles. The molecule has 0 saturated carbocycles. The summed E-state index contributed by atoms with van der Waals surface area (Å²) in [5.41, 5.74) is 0.692. The lowest BCUT2D eigenvalue weighted by atomic mass is 10.1. The Bertz CT molecular complexity index is 615. The molecular weight excluding hydrogens is 338 g/mol. The Kier molecular flexibility index (Phi) is 6.53. The van der Waals surface area contributed by atoms with Gasteiger partial charge in [-0.25, -0.2) is 0 Å². The highest BCUT2D eigenvalue weighted by molar-refractivity contribution is 6.30. The number of hydrogen-bond donors (Lipinski definition) is 2. The predicted molar refractivity (Wildman–Crippen MR) is 75.1 cm³/mol. The quantitative estimate of drug-likeness (QED) is 0.872. The number of nitrogens with one attached hydrogen (secondary N) is 1. The highest BCUT2D eigenvalue weighted by atomic mass is 35.5. The fraction of sp³-hybridized carbons (Fsp3) is 0.200. The van der Waals surface area contributed by atoms with Crippen LogP contribution in [0.2, 0.25) is 5.02 Å². The molecule has 22 heavy (non-hydrogen) atoms. The van der Waals surface area contributed by atoms with Gasteiger partial charge in [0.1, 0.15) is 5.75 Å². The fourth-order valence-electron chi connectivity index (χ4n) is 1.85. The molecule has 0 aliphatic rings. The molecule has 2 aromatic carbocycles. The van der Waals surface area contributed by atoms with Crippen LogP contribution in [0.15, 0.2) is 42.5 Å². The van der Waals surface area contributed by atoms with Crippen LogP contribution in [-0.4, -0.2) is 5.11 Å². The Morgan fingerprint density at radius 1 is 1.00 bits per heavy atom. The van der Waals surface area contributed by atoms with Crippen LogP contribution in [0.1, 0.15) is 16.7 Å². The molecule has 0 amide bonds. The molecule has 2 N–H and O–H groups in total. The summed E-state index contributed by atoms with van der Waals surface area (Å²) in [4.78, 5) is 0. The second-order valence-electron chi connectivity index (χ2n) is 4.57. The number of phenols is 1. The molecule has 0 aliphatic heterocycles. The highest BCUT2D eigenvalue weighted by Gasteiger charge is 2.29. The first kappa shape index (κ1) is 18.6. The summed E-state index contributed by atoms with van der Waals surface area (Å²) < 4.78 is 37.3. The van der Waals surface area contributed by atoms with Crippen molar-refractivity contribution >= 4 is 11.6 Å². The molecule has 0 fully saturated rings. The van der Waals surface area contributed by atoms with E-state index >= 15 is 0 Å². The van der Waals surface area contributed by atoms with Crippen molar-refractivity contribution in [2.45, 2.75) is 19.3 Å². The molecule has 0 aromatic heterocycles. The van der Waals surface area contributed by atoms with E-state index in [4.69, 9.17) is 11.6 Å². The van der Waals surface area contributed by atoms with Crippen LogP contribution in [-0.2, 0) is 19.3 Å². The van der Waals surface area contributed by atoms with E-state index in [0.29, 0.717) is 23.7 Å². The molecule has 0 bridgehead atoms. The zero-order valence-electron chi connectivity index (χ0n) is 11.3. The summed E-state index contributed by atoms with van der Waals surface area (Å²) in [7, 11) is 0. The molecule has 120 valence electrons. The molecule has 0 saturated heterocycles. The SMILES string of the molecule is Oc1ccc(Cl)cc1CNCc1ccc(C(F)(F)F)cc1.[Cl-]. The highest BCUT2D eigenvalue weighted by Crippen LogP contribution is 2.29. The average Bonchev–Trinajstić information content (AvgIpc) is 2.42. The number of halogens is 5. The third-order valence-electron chi connectivity index (χ3n) is 2.97. The summed E-state index contributed by atoms with van der Waals surface area (Å²) in [6.07, 6.45) is -4.32. The Morgan fingerprint density at radius 2 is 1.64 bits per heavy atom. The van der Waals surface area contributed by atoms with E-state index in [2.05, 4.69) is 5.32 Å². The van der Waals surface area contributed by atoms with Crippen LogP contribution in [0.4, 0.5) is 13.2 Å². The van der Waals surface area contributed by atoms with E-state index in [1.54, 1.807) is 12.1 Å². The van der Waals surface area contributed by atoms with Gasteiger partial charge in [-0.2, -0.15) is 13.2 Å². The second-order valence-corrected chi connectivity index (χ2v) is 5.01. The van der Waals surface area contributed by atoms with E-state index < -0.39 is 11.7 Å². The van der Waals surface area contributed by atoms with Crippen molar-refractivity contribution in [2.75, 3.05) is 0 Å². The largest absolute Gasteiger partial charge is 1.00 e. The summed E-state index contributed by atoms with van der Waals surface area (Å²) in [5.74, 6) is 0.124. The smallest absolute Gasteiger partial charge is 0.416 e. The second kappa shape index (κ2) is 7.72. The van der Waals surface area contributed by atoms with Crippen molar-refractivity contribution in [3.8, 4) is 5.75 Å². The summed E-state index contributed by atoms with van der Waals surface area (Å²) in [5, 5.41) is 13.2. The van der Waals surface area contributed by atoms with Gasteiger partial charge in [-0.3, -0.25) is 0 Å². The molecule has 0 atom stereocenters. The van der Waals surface area contributed by atoms with E-state index in [-0.39, 0.29) is 18.2 Å². The third kappa shape index (κ3) is 5.09. The molecule has 7 heteroatoms. The number of rotatable bonds is 4. The minimum Gasteiger partial charge on any atom is -1.00 e. The summed E-state index contributed by atoms with van der Waals surface area (Å²) in [6.45, 7) is 0.761. The monoisotopic (exact) mass is 350 g/mol. The minimum atomic E-state index is -4.32. The summed E-state index contributed by atoms with van der Waals surface area (Å²) >= 11 is 5.83. The van der Waals surface area contributed by atoms with E-state index in [1.165, 1.54) is 18.2 Å². The lowest BCUT2D eigenvalue weighted by molar-refractivity contribution is -0.137. The number of hydrogen-bond acceptors (Lipinski definition) is 2. The van der Waals surface area contributed by atoms with Gasteiger partial charge in [0.25, 0.3) is 0 Å². The number of benzene rings is 2. The molecule has 0 aliphatic carbocycles. The van der Waals surface area contributed by atoms with Crippen LogP contribution in [0, 0.1) is 0 Å². The lowest BCUT2D eigenvalue weighted by Crippen LogP contribution is -3.00. The third-order valence-corrected chi connectivity index (χ3v) is 3.20. The van der Waals surface area contributed by atoms with Crippen molar-refractivity contribution in [2.24, 2.45) is 0 Å². The summed E-state index contributed by atoms with van der Waals surface area (Å²) in [6, 6.07) is 9.66. The first-order chi connectivity index (χ1) is 9.86. The Morgan fingerprint density at radius 3 is 2.23 bits per heavy atom. The maximum Gasteiger partial charge on any atom is 0.416 e. The molecule has 0 radical (unpaired) electrons. The van der Waals surface area contributed by atoms with Gasteiger partial charge in [0.2, 0.25) is 0 Å². The van der Waals surface area contributed by atoms with Gasteiger partial charge in [-0.15, -0.1) is 0 Å². The zero-order valence-corrected chi connectivity index (χ0v) is 12.8. The first-order valence-electron chi connectivity index (χ1n) is 6.20. The van der Waals surface area contributed by atoms with Crippen LogP contribution >= 0.6 is 11.6 Å². The van der Waals surface area contributed by atoms with Crippen LogP contribution < -0.4 is 17.7 Å². The molecule has 2 aromatic rings. The Hall–Kier alpha value is -1.43. The Labute approximate surface area is 137 Å². The van der Waals surface area contributed by atoms with Gasteiger partial charge in [-0.05, 0) is 35.9 Å². The van der Waals surface area contributed by atoms with Crippen molar-refractivity contribution in [1.29, 1.82) is 0 Å². The number of aromatic hydroxyl groups is 1. The van der Waals surface area contributed by atoms with Gasteiger partial charge in [0.15, 0.2) is 0 Å². The number of phenolic OH excluding ortho intramolecular Hbond substituents is 1. The maximum absolute atomic E-state index is 12.4. The first-order valence-corrected chi connectivity index (χ1v) is 6.58. The van der Waals surface area contributed by atoms with Crippen LogP contribution in [0.25, 0.3) is 0 Å². The van der Waals surface area contributed by atoms with Crippen molar-refractivity contribution in [3.05, 3.63) is 64.2 Å². The Balaban J connectivity index is 0.00000242. The van der Waals surface area contributed by atoms with E-state index in [9.17, 15) is 18.3 Å². The van der Waals surface area contributed by atoms with E-state index in [0.717, 1.165) is 17.7 Å². The molecule has 0 spiro atoms. The zero-order chi connectivity index (χ0) is 15.5. The van der Waals surface area contributed by atoms with Gasteiger partial charge < -0.3 is 22.8 Å². The normalized spacial score (nSPS) is 11.1. The topological polar surface area (TPSA) is 32.3 Å². The van der Waals surface area contributed by atoms with Gasteiger partial charge >= 0.3 is 6.18 Å². The lowest BCUT2D eigenvalue weighted by Gasteiger charge is -2.09. The van der Waals surface area contributed by atoms with Crippen molar-refractivity contribution in [3.63, 3.8) is 0 Å². The number of alkyl halides is 3. The molecular formula is C15H13Cl2F3NO-. The van der Waals surface area contributed by atoms with Crippen molar-refractivity contribution < 1.29 is 30.7 Å². The maximum atomic E-state index is 12.4. The molecule has 0 unspecified atom stereocenters. The van der Waals surface area contributed by atoms with Gasteiger partial charge in [-0.1, -0.05) is 23.7 Å². The predicted octanol–water partition coefficient (Wildman–Crippen LogP) is 1.36. The van der Waals surface area contributed by atoms with Crippen LogP contribution in [0.3, 0.4) is 0 Å². The molecule has 2 rings (SSSR count). The van der Waals surface area contributed by atoms with Gasteiger partial charge in [0.05, 0.1) is 5.56 Å². The van der Waals surface area contributed by atoms with Gasteiger partial charge in [0, 0.05) is 23.7 Å². The van der Waals surface area contributed by atoms with Crippen molar-refractivity contribution in [1.82, 2.24) is 5.32 Å². The standard InChI is InChI=1S/C15H13ClF3NO.ClH/c16-13-5-6-14(21)11(7-13)9-20-8-10-1-3-12(4-2-10)15(17,18)19;/h1-7,20-21H,8-9H2;1H/p-1. The molecule has 2 nitrogen and oxygen atoms in total. The fourth-order valence-corrected chi connectivity index (χ4v) is 2.04. The minimum absolute atomic E-state index is 0.